The lowest BCUT2D eigenvalue weighted by atomic mass is 10.1. The number of nitrogens with zero attached hydrogens (tertiary/aromatic N) is 2. The molecule has 5 aromatic rings. The molecule has 4 heteroatoms. The predicted molar refractivity (Wildman–Crippen MR) is 131 cm³/mol. The van der Waals surface area contributed by atoms with Gasteiger partial charge in [0.2, 0.25) is 0 Å². The average molecular weight is 410 g/mol. The second-order valence-electron chi connectivity index (χ2n) is 7.40. The molecule has 0 spiro atoms. The van der Waals surface area contributed by atoms with E-state index >= 15 is 0 Å². The number of anilines is 2. The maximum absolute atomic E-state index is 5.72. The molecule has 0 aliphatic rings. The number of fused-ring (bicyclic) bond motifs is 3. The van der Waals surface area contributed by atoms with Gasteiger partial charge in [0.15, 0.2) is 0 Å². The lowest BCUT2D eigenvalue weighted by Gasteiger charge is -2.03. The second-order valence-corrected chi connectivity index (χ2v) is 7.40. The van der Waals surface area contributed by atoms with Gasteiger partial charge in [-0.25, -0.2) is 0 Å². The third kappa shape index (κ3) is 4.07. The lowest BCUT2D eigenvalue weighted by molar-refractivity contribution is 1.36. The van der Waals surface area contributed by atoms with Crippen molar-refractivity contribution >= 4 is 33.2 Å². The Morgan fingerprint density at radius 2 is 0.844 bits per heavy atom. The summed E-state index contributed by atoms with van der Waals surface area (Å²) in [6.07, 6.45) is 3.56. The summed E-state index contributed by atoms with van der Waals surface area (Å²) in [6, 6.07) is 23.1. The third-order valence-electron chi connectivity index (χ3n) is 5.02. The van der Waals surface area contributed by atoms with Gasteiger partial charge in [-0.15, -0.1) is 0 Å². The average Bonchev–Trinajstić information content (AvgIpc) is 2.83. The minimum Gasteiger partial charge on any atom is -0.399 e. The van der Waals surface area contributed by atoms with Crippen molar-refractivity contribution in [3.63, 3.8) is 0 Å². The second kappa shape index (κ2) is 8.14. The molecule has 0 saturated carbocycles. The molecule has 0 atom stereocenters. The molecule has 0 aliphatic heterocycles. The summed E-state index contributed by atoms with van der Waals surface area (Å²) in [7, 11) is 0. The Labute approximate surface area is 185 Å². The zero-order valence-electron chi connectivity index (χ0n) is 17.1. The fourth-order valence-electron chi connectivity index (χ4n) is 3.35. The van der Waals surface area contributed by atoms with Crippen LogP contribution < -0.4 is 11.5 Å². The van der Waals surface area contributed by atoms with Crippen molar-refractivity contribution in [2.45, 2.75) is 0 Å². The van der Waals surface area contributed by atoms with Gasteiger partial charge in [0.1, 0.15) is 0 Å². The number of rotatable bonds is 0. The first kappa shape index (κ1) is 19.2. The van der Waals surface area contributed by atoms with Crippen LogP contribution in [-0.4, -0.2) is 9.97 Å². The number of nitrogens with two attached hydrogens (primary N) is 2. The van der Waals surface area contributed by atoms with Crippen LogP contribution in [0.2, 0.25) is 0 Å². The Hall–Kier alpha value is -4.80. The van der Waals surface area contributed by atoms with Gasteiger partial charge in [0, 0.05) is 56.8 Å². The normalized spacial score (nSPS) is 10.2. The minimum atomic E-state index is 0.724. The molecule has 3 aromatic carbocycles. The van der Waals surface area contributed by atoms with E-state index in [0.29, 0.717) is 0 Å². The summed E-state index contributed by atoms with van der Waals surface area (Å²) in [5.74, 6) is 12.6. The van der Waals surface area contributed by atoms with Gasteiger partial charge in [-0.05, 0) is 60.7 Å². The molecule has 2 aromatic heterocycles. The number of aromatic nitrogens is 2. The number of hydrogen-bond acceptors (Lipinski definition) is 4. The Morgan fingerprint density at radius 1 is 0.469 bits per heavy atom. The largest absolute Gasteiger partial charge is 0.399 e. The van der Waals surface area contributed by atoms with E-state index < -0.39 is 0 Å². The van der Waals surface area contributed by atoms with Crippen molar-refractivity contribution in [2.75, 3.05) is 11.5 Å². The lowest BCUT2D eigenvalue weighted by Crippen LogP contribution is -1.89. The van der Waals surface area contributed by atoms with Crippen LogP contribution in [0.15, 0.2) is 85.2 Å². The molecular weight excluding hydrogens is 392 g/mol. The van der Waals surface area contributed by atoms with Crippen molar-refractivity contribution in [3.05, 3.63) is 107 Å². The van der Waals surface area contributed by atoms with Gasteiger partial charge in [-0.1, -0.05) is 35.8 Å². The van der Waals surface area contributed by atoms with Gasteiger partial charge in [0.05, 0.1) is 11.0 Å². The van der Waals surface area contributed by atoms with Gasteiger partial charge in [-0.2, -0.15) is 0 Å². The minimum absolute atomic E-state index is 0.724. The van der Waals surface area contributed by atoms with Crippen molar-refractivity contribution < 1.29 is 0 Å². The van der Waals surface area contributed by atoms with E-state index in [0.717, 1.165) is 55.4 Å². The highest BCUT2D eigenvalue weighted by Crippen LogP contribution is 2.23. The van der Waals surface area contributed by atoms with Crippen LogP contribution in [-0.2, 0) is 0 Å². The van der Waals surface area contributed by atoms with E-state index in [1.54, 1.807) is 12.4 Å². The maximum Gasteiger partial charge on any atom is 0.0965 e. The van der Waals surface area contributed by atoms with Crippen LogP contribution >= 0.6 is 0 Å². The first-order valence-corrected chi connectivity index (χ1v) is 10.1. The molecule has 0 bridgehead atoms. The molecule has 5 rings (SSSR count). The van der Waals surface area contributed by atoms with Crippen LogP contribution in [0.25, 0.3) is 21.8 Å². The summed E-state index contributed by atoms with van der Waals surface area (Å²) in [5.41, 5.74) is 18.1. The number of nitrogen functional groups attached to an aromatic ring is 2. The first-order chi connectivity index (χ1) is 15.6. The Morgan fingerprint density at radius 3 is 1.25 bits per heavy atom. The van der Waals surface area contributed by atoms with Crippen molar-refractivity contribution in [1.82, 2.24) is 9.97 Å². The van der Waals surface area contributed by atoms with Gasteiger partial charge >= 0.3 is 0 Å². The summed E-state index contributed by atoms with van der Waals surface area (Å²) < 4.78 is 0. The molecule has 4 N–H and O–H groups in total. The molecule has 4 nitrogen and oxygen atoms in total. The molecule has 2 heterocycles. The van der Waals surface area contributed by atoms with Gasteiger partial charge in [0.25, 0.3) is 0 Å². The van der Waals surface area contributed by atoms with E-state index in [1.807, 2.05) is 72.8 Å². The van der Waals surface area contributed by atoms with Crippen LogP contribution in [0.4, 0.5) is 11.4 Å². The zero-order chi connectivity index (χ0) is 21.9. The summed E-state index contributed by atoms with van der Waals surface area (Å²) in [6.45, 7) is 0. The highest BCUT2D eigenvalue weighted by Gasteiger charge is 2.05. The highest BCUT2D eigenvalue weighted by molar-refractivity contribution is 6.03. The van der Waals surface area contributed by atoms with Crippen LogP contribution in [0, 0.1) is 23.7 Å². The van der Waals surface area contributed by atoms with Crippen LogP contribution in [0.5, 0.6) is 0 Å². The van der Waals surface area contributed by atoms with E-state index in [4.69, 9.17) is 11.5 Å². The molecule has 0 fully saturated rings. The summed E-state index contributed by atoms with van der Waals surface area (Å²) in [4.78, 5) is 9.27. The first-order valence-electron chi connectivity index (χ1n) is 10.1. The number of benzene rings is 3. The summed E-state index contributed by atoms with van der Waals surface area (Å²) in [5, 5.41) is 1.99. The standard InChI is InChI=1S/C28H18N4/c29-25-11-5-19(6-12-25)1-3-21-15-23-9-10-24-16-22(18-32-28(24)27(23)31-17-21)4-2-20-7-13-26(30)14-8-20/h5-18H,29-30H2. The van der Waals surface area contributed by atoms with E-state index in [2.05, 4.69) is 33.6 Å². The van der Waals surface area contributed by atoms with E-state index in [1.165, 1.54) is 0 Å². The van der Waals surface area contributed by atoms with Crippen molar-refractivity contribution in [1.29, 1.82) is 0 Å². The van der Waals surface area contributed by atoms with Crippen molar-refractivity contribution in [3.8, 4) is 23.7 Å². The summed E-state index contributed by atoms with van der Waals surface area (Å²) >= 11 is 0. The van der Waals surface area contributed by atoms with Crippen LogP contribution in [0.3, 0.4) is 0 Å². The van der Waals surface area contributed by atoms with Crippen molar-refractivity contribution in [2.24, 2.45) is 0 Å². The van der Waals surface area contributed by atoms with E-state index in [-0.39, 0.29) is 0 Å². The highest BCUT2D eigenvalue weighted by atomic mass is 14.7. The maximum atomic E-state index is 5.72. The zero-order valence-corrected chi connectivity index (χ0v) is 17.1. The molecule has 0 saturated heterocycles. The number of pyridine rings is 2. The molecule has 0 aliphatic carbocycles. The Balaban J connectivity index is 1.46. The van der Waals surface area contributed by atoms with Gasteiger partial charge in [-0.3, -0.25) is 9.97 Å². The third-order valence-corrected chi connectivity index (χ3v) is 5.02. The Kier molecular flexibility index (Phi) is 4.88. The monoisotopic (exact) mass is 410 g/mol. The quantitative estimate of drug-likeness (QED) is 0.219. The van der Waals surface area contributed by atoms with Gasteiger partial charge < -0.3 is 11.5 Å². The molecule has 150 valence electrons. The molecule has 0 radical (unpaired) electrons. The SMILES string of the molecule is Nc1ccc(C#Cc2cnc3c(ccc4cc(C#Cc5ccc(N)cc5)cnc43)c2)cc1. The fourth-order valence-corrected chi connectivity index (χ4v) is 3.35. The van der Waals surface area contributed by atoms with Crippen LogP contribution in [0.1, 0.15) is 22.3 Å². The Bertz CT molecular complexity index is 1450. The molecule has 0 unspecified atom stereocenters. The molecule has 0 amide bonds. The topological polar surface area (TPSA) is 77.8 Å². The predicted octanol–water partition coefficient (Wildman–Crippen LogP) is 4.75. The molecular formula is C28H18N4. The van der Waals surface area contributed by atoms with E-state index in [9.17, 15) is 0 Å². The molecule has 32 heavy (non-hydrogen) atoms. The smallest absolute Gasteiger partial charge is 0.0965 e. The number of hydrogen-bond donors (Lipinski definition) is 2. The fraction of sp³-hybridized carbons (Fsp3) is 0.